The summed E-state index contributed by atoms with van der Waals surface area (Å²) in [5.41, 5.74) is 2.04. The first kappa shape index (κ1) is 13.2. The minimum atomic E-state index is -0.682. The molecule has 3 rings (SSSR count). The highest BCUT2D eigenvalue weighted by Gasteiger charge is 2.29. The molecule has 2 aromatic rings. The second-order valence-corrected chi connectivity index (χ2v) is 5.65. The predicted octanol–water partition coefficient (Wildman–Crippen LogP) is 3.12. The van der Waals surface area contributed by atoms with E-state index in [4.69, 9.17) is 4.42 Å². The molecule has 20 heavy (non-hydrogen) atoms. The van der Waals surface area contributed by atoms with Crippen LogP contribution in [0.2, 0.25) is 0 Å². The molecule has 4 heteroatoms. The van der Waals surface area contributed by atoms with Crippen LogP contribution in [0.3, 0.4) is 0 Å². The molecule has 1 aliphatic rings. The van der Waals surface area contributed by atoms with Gasteiger partial charge in [-0.1, -0.05) is 18.2 Å². The van der Waals surface area contributed by atoms with Crippen molar-refractivity contribution in [3.8, 4) is 0 Å². The maximum absolute atomic E-state index is 11.2. The van der Waals surface area contributed by atoms with Gasteiger partial charge >= 0.3 is 5.97 Å². The van der Waals surface area contributed by atoms with Crippen molar-refractivity contribution in [1.82, 2.24) is 4.90 Å². The topological polar surface area (TPSA) is 53.7 Å². The van der Waals surface area contributed by atoms with Gasteiger partial charge in [0.1, 0.15) is 5.58 Å². The van der Waals surface area contributed by atoms with Crippen LogP contribution in [0.15, 0.2) is 34.9 Å². The molecule has 0 amide bonds. The molecule has 2 heterocycles. The molecule has 0 aliphatic carbocycles. The molecule has 106 valence electrons. The highest BCUT2D eigenvalue weighted by molar-refractivity contribution is 5.80. The van der Waals surface area contributed by atoms with Crippen LogP contribution in [0.4, 0.5) is 0 Å². The summed E-state index contributed by atoms with van der Waals surface area (Å²) in [5, 5.41) is 10.3. The van der Waals surface area contributed by atoms with E-state index in [0.717, 1.165) is 35.9 Å². The quantitative estimate of drug-likeness (QED) is 0.933. The smallest absolute Gasteiger partial charge is 0.307 e. The van der Waals surface area contributed by atoms with Crippen LogP contribution < -0.4 is 0 Å². The summed E-state index contributed by atoms with van der Waals surface area (Å²) < 4.78 is 5.56. The number of benzene rings is 1. The van der Waals surface area contributed by atoms with E-state index in [9.17, 15) is 9.90 Å². The summed E-state index contributed by atoms with van der Waals surface area (Å²) >= 11 is 0. The van der Waals surface area contributed by atoms with Crippen LogP contribution >= 0.6 is 0 Å². The summed E-state index contributed by atoms with van der Waals surface area (Å²) in [7, 11) is 0. The van der Waals surface area contributed by atoms with Crippen molar-refractivity contribution in [2.24, 2.45) is 5.92 Å². The molecule has 1 N–H and O–H groups in total. The molecule has 1 aromatic heterocycles. The van der Waals surface area contributed by atoms with Crippen molar-refractivity contribution in [3.63, 3.8) is 0 Å². The normalized spacial score (nSPS) is 24.1. The molecular weight excluding hydrogens is 254 g/mol. The Kier molecular flexibility index (Phi) is 3.49. The van der Waals surface area contributed by atoms with Crippen LogP contribution in [-0.2, 0) is 11.3 Å². The molecule has 0 saturated carbocycles. The molecule has 1 aromatic carbocycles. The van der Waals surface area contributed by atoms with Crippen LogP contribution in [0, 0.1) is 5.92 Å². The second-order valence-electron chi connectivity index (χ2n) is 5.65. The Bertz CT molecular complexity index is 619. The van der Waals surface area contributed by atoms with E-state index in [2.05, 4.69) is 17.9 Å². The van der Waals surface area contributed by atoms with Crippen LogP contribution in [0.5, 0.6) is 0 Å². The van der Waals surface area contributed by atoms with Gasteiger partial charge in [0.05, 0.1) is 12.2 Å². The highest BCUT2D eigenvalue weighted by Crippen LogP contribution is 2.27. The Balaban J connectivity index is 1.82. The zero-order valence-electron chi connectivity index (χ0n) is 11.6. The second kappa shape index (κ2) is 5.29. The Morgan fingerprint density at radius 1 is 1.40 bits per heavy atom. The first-order valence-corrected chi connectivity index (χ1v) is 7.07. The van der Waals surface area contributed by atoms with Crippen molar-refractivity contribution in [3.05, 3.63) is 36.1 Å². The molecule has 2 atom stereocenters. The van der Waals surface area contributed by atoms with Gasteiger partial charge in [0.2, 0.25) is 0 Å². The number of fused-ring (bicyclic) bond motifs is 1. The number of rotatable bonds is 3. The Morgan fingerprint density at radius 2 is 2.25 bits per heavy atom. The Morgan fingerprint density at radius 3 is 3.05 bits per heavy atom. The SMILES string of the molecule is CC1CCC(C(=O)O)CN1Cc1cccc2ccoc12. The molecule has 1 aliphatic heterocycles. The van der Waals surface area contributed by atoms with E-state index >= 15 is 0 Å². The van der Waals surface area contributed by atoms with Crippen LogP contribution in [-0.4, -0.2) is 28.6 Å². The zero-order chi connectivity index (χ0) is 14.1. The fraction of sp³-hybridized carbons (Fsp3) is 0.438. The van der Waals surface area contributed by atoms with Crippen LogP contribution in [0.1, 0.15) is 25.3 Å². The molecule has 0 bridgehead atoms. The summed E-state index contributed by atoms with van der Waals surface area (Å²) in [4.78, 5) is 13.4. The number of carboxylic acid groups (broad SMARTS) is 1. The number of carboxylic acids is 1. The fourth-order valence-electron chi connectivity index (χ4n) is 3.00. The van der Waals surface area contributed by atoms with Gasteiger partial charge in [0.25, 0.3) is 0 Å². The highest BCUT2D eigenvalue weighted by atomic mass is 16.4. The minimum absolute atomic E-state index is 0.248. The third kappa shape index (κ3) is 2.43. The number of furan rings is 1. The molecule has 0 spiro atoms. The van der Waals surface area contributed by atoms with Gasteiger partial charge in [0, 0.05) is 30.1 Å². The zero-order valence-corrected chi connectivity index (χ0v) is 11.6. The number of aliphatic carboxylic acids is 1. The summed E-state index contributed by atoms with van der Waals surface area (Å²) in [5.74, 6) is -0.930. The molecule has 1 saturated heterocycles. The number of likely N-dealkylation sites (tertiary alicyclic amines) is 1. The van der Waals surface area contributed by atoms with Gasteiger partial charge in [-0.15, -0.1) is 0 Å². The lowest BCUT2D eigenvalue weighted by Gasteiger charge is -2.36. The first-order chi connectivity index (χ1) is 9.65. The number of nitrogens with zero attached hydrogens (tertiary/aromatic N) is 1. The van der Waals surface area contributed by atoms with Crippen molar-refractivity contribution in [1.29, 1.82) is 0 Å². The van der Waals surface area contributed by atoms with E-state index in [1.807, 2.05) is 18.2 Å². The van der Waals surface area contributed by atoms with Crippen molar-refractivity contribution in [2.75, 3.05) is 6.54 Å². The molecule has 1 fully saturated rings. The summed E-state index contributed by atoms with van der Waals surface area (Å²) in [6.45, 7) is 3.53. The van der Waals surface area contributed by atoms with Gasteiger partial charge in [0.15, 0.2) is 0 Å². The van der Waals surface area contributed by atoms with Crippen molar-refractivity contribution >= 4 is 16.9 Å². The molecule has 2 unspecified atom stereocenters. The number of para-hydroxylation sites is 1. The first-order valence-electron chi connectivity index (χ1n) is 7.07. The van der Waals surface area contributed by atoms with E-state index in [-0.39, 0.29) is 5.92 Å². The third-order valence-corrected chi connectivity index (χ3v) is 4.29. The van der Waals surface area contributed by atoms with Crippen molar-refractivity contribution in [2.45, 2.75) is 32.4 Å². The van der Waals surface area contributed by atoms with Crippen molar-refractivity contribution < 1.29 is 14.3 Å². The van der Waals surface area contributed by atoms with Gasteiger partial charge in [-0.2, -0.15) is 0 Å². The molecular formula is C16H19NO3. The Hall–Kier alpha value is -1.81. The average Bonchev–Trinajstić information content (AvgIpc) is 2.90. The van der Waals surface area contributed by atoms with E-state index < -0.39 is 5.97 Å². The number of carbonyl (C=O) groups is 1. The Labute approximate surface area is 118 Å². The maximum atomic E-state index is 11.2. The lowest BCUT2D eigenvalue weighted by molar-refractivity contribution is -0.144. The van der Waals surface area contributed by atoms with Gasteiger partial charge in [-0.3, -0.25) is 9.69 Å². The van der Waals surface area contributed by atoms with Gasteiger partial charge < -0.3 is 9.52 Å². The predicted molar refractivity (Wildman–Crippen MR) is 76.4 cm³/mol. The summed E-state index contributed by atoms with van der Waals surface area (Å²) in [6.07, 6.45) is 3.41. The van der Waals surface area contributed by atoms with Gasteiger partial charge in [-0.05, 0) is 25.8 Å². The fourth-order valence-corrected chi connectivity index (χ4v) is 3.00. The minimum Gasteiger partial charge on any atom is -0.481 e. The van der Waals surface area contributed by atoms with Gasteiger partial charge in [-0.25, -0.2) is 0 Å². The number of hydrogen-bond acceptors (Lipinski definition) is 3. The van der Waals surface area contributed by atoms with E-state index in [1.54, 1.807) is 6.26 Å². The lowest BCUT2D eigenvalue weighted by Crippen LogP contribution is -2.43. The standard InChI is InChI=1S/C16H19NO3/c1-11-5-6-14(16(18)19)10-17(11)9-13-4-2-3-12-7-8-20-15(12)13/h2-4,7-8,11,14H,5-6,9-10H2,1H3,(H,18,19). The molecule has 4 nitrogen and oxygen atoms in total. The lowest BCUT2D eigenvalue weighted by atomic mass is 9.93. The maximum Gasteiger partial charge on any atom is 0.307 e. The molecule has 0 radical (unpaired) electrons. The largest absolute Gasteiger partial charge is 0.481 e. The van der Waals surface area contributed by atoms with Crippen LogP contribution in [0.25, 0.3) is 11.0 Å². The monoisotopic (exact) mass is 273 g/mol. The number of hydrogen-bond donors (Lipinski definition) is 1. The van der Waals surface area contributed by atoms with E-state index in [1.165, 1.54) is 0 Å². The average molecular weight is 273 g/mol. The third-order valence-electron chi connectivity index (χ3n) is 4.29. The summed E-state index contributed by atoms with van der Waals surface area (Å²) in [6, 6.07) is 8.48. The number of piperidine rings is 1. The van der Waals surface area contributed by atoms with E-state index in [0.29, 0.717) is 12.6 Å².